The number of hydrogen-bond acceptors (Lipinski definition) is 6. The first-order valence-electron chi connectivity index (χ1n) is 8.45. The Bertz CT molecular complexity index is 767. The summed E-state index contributed by atoms with van der Waals surface area (Å²) in [6.45, 7) is 5.33. The van der Waals surface area contributed by atoms with Crippen molar-refractivity contribution in [2.45, 2.75) is 25.9 Å². The van der Waals surface area contributed by atoms with Crippen LogP contribution in [0.4, 0.5) is 5.82 Å². The van der Waals surface area contributed by atoms with Crippen LogP contribution >= 0.6 is 0 Å². The summed E-state index contributed by atoms with van der Waals surface area (Å²) >= 11 is 0. The van der Waals surface area contributed by atoms with Crippen LogP contribution in [0.1, 0.15) is 18.7 Å². The zero-order valence-electron chi connectivity index (χ0n) is 14.1. The molecule has 4 rings (SSSR count). The van der Waals surface area contributed by atoms with Gasteiger partial charge in [-0.1, -0.05) is 0 Å². The summed E-state index contributed by atoms with van der Waals surface area (Å²) < 4.78 is 7.51. The van der Waals surface area contributed by atoms with Crippen LogP contribution in [0.15, 0.2) is 6.20 Å². The average Bonchev–Trinajstić information content (AvgIpc) is 3.24. The van der Waals surface area contributed by atoms with Gasteiger partial charge in [0.2, 0.25) is 0 Å². The van der Waals surface area contributed by atoms with Crippen LogP contribution in [0.3, 0.4) is 0 Å². The van der Waals surface area contributed by atoms with Gasteiger partial charge in [-0.15, -0.1) is 0 Å². The van der Waals surface area contributed by atoms with Crippen molar-refractivity contribution in [1.29, 1.82) is 0 Å². The van der Waals surface area contributed by atoms with Crippen LogP contribution in [0.2, 0.25) is 0 Å². The van der Waals surface area contributed by atoms with E-state index >= 15 is 0 Å². The van der Waals surface area contributed by atoms with E-state index in [9.17, 15) is 4.79 Å². The minimum Gasteiger partial charge on any atom is -0.365 e. The van der Waals surface area contributed by atoms with Crippen molar-refractivity contribution in [3.05, 3.63) is 12.0 Å². The van der Waals surface area contributed by atoms with Gasteiger partial charge in [0.05, 0.1) is 24.7 Å². The molecular formula is C16H22N6O2. The first-order valence-corrected chi connectivity index (χ1v) is 8.45. The van der Waals surface area contributed by atoms with Crippen molar-refractivity contribution in [1.82, 2.24) is 24.6 Å². The molecule has 1 amide bonds. The zero-order valence-corrected chi connectivity index (χ0v) is 14.1. The monoisotopic (exact) mass is 330 g/mol. The van der Waals surface area contributed by atoms with Gasteiger partial charge >= 0.3 is 0 Å². The molecule has 0 spiro atoms. The summed E-state index contributed by atoms with van der Waals surface area (Å²) in [5.74, 6) is 1.65. The van der Waals surface area contributed by atoms with Crippen LogP contribution < -0.4 is 4.90 Å². The van der Waals surface area contributed by atoms with Gasteiger partial charge in [-0.05, 0) is 19.8 Å². The second-order valence-corrected chi connectivity index (χ2v) is 6.44. The molecule has 2 aromatic heterocycles. The number of anilines is 1. The lowest BCUT2D eigenvalue weighted by Crippen LogP contribution is -2.50. The highest BCUT2D eigenvalue weighted by atomic mass is 16.5. The highest BCUT2D eigenvalue weighted by molar-refractivity contribution is 5.88. The van der Waals surface area contributed by atoms with Crippen LogP contribution in [-0.2, 0) is 16.6 Å². The molecule has 2 aliphatic heterocycles. The van der Waals surface area contributed by atoms with E-state index in [0.29, 0.717) is 25.5 Å². The van der Waals surface area contributed by atoms with Crippen molar-refractivity contribution in [3.8, 4) is 0 Å². The van der Waals surface area contributed by atoms with Gasteiger partial charge in [-0.25, -0.2) is 9.97 Å². The average molecular weight is 330 g/mol. The highest BCUT2D eigenvalue weighted by Crippen LogP contribution is 2.25. The fourth-order valence-corrected chi connectivity index (χ4v) is 3.49. The van der Waals surface area contributed by atoms with Crippen molar-refractivity contribution in [2.24, 2.45) is 7.05 Å². The lowest BCUT2D eigenvalue weighted by atomic mass is 10.2. The quantitative estimate of drug-likeness (QED) is 0.798. The van der Waals surface area contributed by atoms with E-state index < -0.39 is 6.10 Å². The number of ether oxygens (including phenoxy) is 1. The number of nitrogens with zero attached hydrogens (tertiary/aromatic N) is 6. The molecule has 0 radical (unpaired) electrons. The molecule has 4 heterocycles. The topological polar surface area (TPSA) is 76.4 Å². The Morgan fingerprint density at radius 2 is 2.04 bits per heavy atom. The summed E-state index contributed by atoms with van der Waals surface area (Å²) in [4.78, 5) is 25.8. The van der Waals surface area contributed by atoms with Crippen molar-refractivity contribution < 1.29 is 9.53 Å². The predicted molar refractivity (Wildman–Crippen MR) is 88.8 cm³/mol. The predicted octanol–water partition coefficient (Wildman–Crippen LogP) is 0.499. The number of morpholine rings is 1. The summed E-state index contributed by atoms with van der Waals surface area (Å²) in [7, 11) is 1.87. The summed E-state index contributed by atoms with van der Waals surface area (Å²) in [6.07, 6.45) is 3.54. The molecule has 8 nitrogen and oxygen atoms in total. The SMILES string of the molecule is Cc1nc(N2CCOC(C(=O)N3CCCC3)C2)c2cnn(C)c2n1. The smallest absolute Gasteiger partial charge is 0.253 e. The molecule has 0 aliphatic carbocycles. The van der Waals surface area contributed by atoms with E-state index in [1.54, 1.807) is 10.9 Å². The highest BCUT2D eigenvalue weighted by Gasteiger charge is 2.32. The molecule has 0 N–H and O–H groups in total. The van der Waals surface area contributed by atoms with E-state index in [-0.39, 0.29) is 5.91 Å². The number of rotatable bonds is 2. The standard InChI is InChI=1S/C16H22N6O2/c1-11-18-14-12(9-17-20(14)2)15(19-11)22-7-8-24-13(10-22)16(23)21-5-3-4-6-21/h9,13H,3-8,10H2,1-2H3. The van der Waals surface area contributed by atoms with Gasteiger partial charge in [0.1, 0.15) is 11.6 Å². The van der Waals surface area contributed by atoms with Gasteiger partial charge in [-0.2, -0.15) is 5.10 Å². The number of fused-ring (bicyclic) bond motifs is 1. The van der Waals surface area contributed by atoms with Crippen LogP contribution in [-0.4, -0.2) is 69.4 Å². The number of hydrogen-bond donors (Lipinski definition) is 0. The Kier molecular flexibility index (Phi) is 3.84. The number of carbonyl (C=O) groups excluding carboxylic acids is 1. The minimum atomic E-state index is -0.418. The number of aryl methyl sites for hydroxylation is 2. The van der Waals surface area contributed by atoms with E-state index in [4.69, 9.17) is 4.74 Å². The van der Waals surface area contributed by atoms with Gasteiger partial charge in [-0.3, -0.25) is 9.48 Å². The van der Waals surface area contributed by atoms with Crippen LogP contribution in [0.5, 0.6) is 0 Å². The first-order chi connectivity index (χ1) is 11.6. The molecule has 2 aromatic rings. The second-order valence-electron chi connectivity index (χ2n) is 6.44. The molecular weight excluding hydrogens is 308 g/mol. The molecule has 8 heteroatoms. The fourth-order valence-electron chi connectivity index (χ4n) is 3.49. The molecule has 0 saturated carbocycles. The second kappa shape index (κ2) is 6.01. The molecule has 2 saturated heterocycles. The molecule has 1 unspecified atom stereocenters. The third-order valence-corrected chi connectivity index (χ3v) is 4.74. The number of carbonyl (C=O) groups is 1. The third kappa shape index (κ3) is 2.60. The molecule has 1 atom stereocenters. The van der Waals surface area contributed by atoms with Gasteiger partial charge in [0.15, 0.2) is 11.8 Å². The molecule has 2 aliphatic rings. The van der Waals surface area contributed by atoms with E-state index in [2.05, 4.69) is 20.0 Å². The molecule has 2 fully saturated rings. The van der Waals surface area contributed by atoms with Gasteiger partial charge < -0.3 is 14.5 Å². The Labute approximate surface area is 140 Å². The van der Waals surface area contributed by atoms with E-state index in [0.717, 1.165) is 42.8 Å². The van der Waals surface area contributed by atoms with E-state index in [1.807, 2.05) is 18.9 Å². The summed E-state index contributed by atoms with van der Waals surface area (Å²) in [5, 5.41) is 5.20. The Morgan fingerprint density at radius 3 is 2.83 bits per heavy atom. The van der Waals surface area contributed by atoms with Gasteiger partial charge in [0, 0.05) is 26.7 Å². The lowest BCUT2D eigenvalue weighted by Gasteiger charge is -2.34. The molecule has 0 aromatic carbocycles. The largest absolute Gasteiger partial charge is 0.365 e. The number of amides is 1. The van der Waals surface area contributed by atoms with Crippen molar-refractivity contribution in [3.63, 3.8) is 0 Å². The third-order valence-electron chi connectivity index (χ3n) is 4.74. The maximum absolute atomic E-state index is 12.6. The number of likely N-dealkylation sites (tertiary alicyclic amines) is 1. The molecule has 24 heavy (non-hydrogen) atoms. The fraction of sp³-hybridized carbons (Fsp3) is 0.625. The van der Waals surface area contributed by atoms with Crippen LogP contribution in [0.25, 0.3) is 11.0 Å². The number of aromatic nitrogens is 4. The van der Waals surface area contributed by atoms with Crippen molar-refractivity contribution in [2.75, 3.05) is 37.7 Å². The molecule has 0 bridgehead atoms. The zero-order chi connectivity index (χ0) is 16.7. The Balaban J connectivity index is 1.61. The van der Waals surface area contributed by atoms with Crippen LogP contribution in [0, 0.1) is 6.92 Å². The van der Waals surface area contributed by atoms with Crippen molar-refractivity contribution >= 4 is 22.8 Å². The Hall–Kier alpha value is -2.22. The lowest BCUT2D eigenvalue weighted by molar-refractivity contribution is -0.143. The maximum Gasteiger partial charge on any atom is 0.253 e. The van der Waals surface area contributed by atoms with Gasteiger partial charge in [0.25, 0.3) is 5.91 Å². The van der Waals surface area contributed by atoms with E-state index in [1.165, 1.54) is 0 Å². The Morgan fingerprint density at radius 1 is 1.25 bits per heavy atom. The summed E-state index contributed by atoms with van der Waals surface area (Å²) in [6, 6.07) is 0. The maximum atomic E-state index is 12.6. The minimum absolute atomic E-state index is 0.102. The molecule has 128 valence electrons. The summed E-state index contributed by atoms with van der Waals surface area (Å²) in [5.41, 5.74) is 0.811. The first kappa shape index (κ1) is 15.3. The normalized spacial score (nSPS) is 21.7.